The Morgan fingerprint density at radius 1 is 1.43 bits per heavy atom. The van der Waals surface area contributed by atoms with Crippen LogP contribution in [0.3, 0.4) is 0 Å². The van der Waals surface area contributed by atoms with Crippen LogP contribution >= 0.6 is 15.9 Å². The highest BCUT2D eigenvalue weighted by Crippen LogP contribution is 2.17. The van der Waals surface area contributed by atoms with E-state index in [9.17, 15) is 0 Å². The van der Waals surface area contributed by atoms with Crippen molar-refractivity contribution in [2.45, 2.75) is 0 Å². The van der Waals surface area contributed by atoms with Crippen molar-refractivity contribution in [1.82, 2.24) is 0 Å². The van der Waals surface area contributed by atoms with E-state index in [0.717, 1.165) is 5.69 Å². The van der Waals surface area contributed by atoms with E-state index in [1.165, 1.54) is 6.08 Å². The highest BCUT2D eigenvalue weighted by molar-refractivity contribution is 9.11. The van der Waals surface area contributed by atoms with Crippen LogP contribution in [0.25, 0.3) is 0 Å². The zero-order valence-electron chi connectivity index (χ0n) is 7.29. The second-order valence-electron chi connectivity index (χ2n) is 2.62. The van der Waals surface area contributed by atoms with Crippen LogP contribution in [-0.2, 0) is 0 Å². The molecule has 0 atom stereocenters. The van der Waals surface area contributed by atoms with Crippen molar-refractivity contribution >= 4 is 35.1 Å². The monoisotopic (exact) mass is 250 g/mol. The number of rotatable bonds is 3. The summed E-state index contributed by atoms with van der Waals surface area (Å²) in [4.78, 5) is 0. The number of benzene rings is 1. The quantitative estimate of drug-likeness (QED) is 0.333. The molecular formula is C9H8BBrN2O. The SMILES string of the molecule is [B]C(=N)/C=C(/Br)Nc1ccc(O)cc1. The maximum absolute atomic E-state index is 9.03. The van der Waals surface area contributed by atoms with E-state index in [2.05, 4.69) is 21.2 Å². The minimum Gasteiger partial charge on any atom is -0.508 e. The number of nitrogens with one attached hydrogen (secondary N) is 2. The summed E-state index contributed by atoms with van der Waals surface area (Å²) in [6.07, 6.45) is 1.44. The molecule has 1 aromatic rings. The third-order valence-electron chi connectivity index (χ3n) is 1.41. The topological polar surface area (TPSA) is 56.1 Å². The van der Waals surface area contributed by atoms with E-state index in [-0.39, 0.29) is 11.4 Å². The molecule has 14 heavy (non-hydrogen) atoms. The molecule has 70 valence electrons. The lowest BCUT2D eigenvalue weighted by Gasteiger charge is -2.04. The van der Waals surface area contributed by atoms with E-state index >= 15 is 0 Å². The fourth-order valence-corrected chi connectivity index (χ4v) is 1.33. The van der Waals surface area contributed by atoms with Gasteiger partial charge >= 0.3 is 0 Å². The standard InChI is InChI=1S/C9H8BBrN2O/c10-8(12)5-9(11)13-6-1-3-7(14)4-2-6/h1-5,12-14H/b9-5-,12-8?. The number of phenolic OH excluding ortho intramolecular Hbond substituents is 1. The molecule has 0 aliphatic heterocycles. The Kier molecular flexibility index (Phi) is 3.77. The second-order valence-corrected chi connectivity index (χ2v) is 3.47. The number of aromatic hydroxyl groups is 1. The Hall–Kier alpha value is -1.23. The molecule has 0 heterocycles. The summed E-state index contributed by atoms with van der Waals surface area (Å²) >= 11 is 3.20. The molecule has 0 aromatic heterocycles. The Bertz CT molecular complexity index is 362. The number of allylic oxidation sites excluding steroid dienone is 1. The first kappa shape index (κ1) is 10.9. The number of hydrogen-bond donors (Lipinski definition) is 3. The summed E-state index contributed by atoms with van der Waals surface area (Å²) < 4.78 is 0.593. The van der Waals surface area contributed by atoms with Gasteiger partial charge in [-0.05, 0) is 51.9 Å². The van der Waals surface area contributed by atoms with Crippen molar-refractivity contribution in [3.8, 4) is 5.75 Å². The van der Waals surface area contributed by atoms with Gasteiger partial charge in [0.15, 0.2) is 0 Å². The van der Waals surface area contributed by atoms with Crippen LogP contribution in [0.2, 0.25) is 0 Å². The van der Waals surface area contributed by atoms with Crippen LogP contribution in [0.4, 0.5) is 5.69 Å². The van der Waals surface area contributed by atoms with Crippen molar-refractivity contribution in [3.05, 3.63) is 34.9 Å². The largest absolute Gasteiger partial charge is 0.508 e. The van der Waals surface area contributed by atoms with Crippen LogP contribution in [0.15, 0.2) is 34.9 Å². The summed E-state index contributed by atoms with van der Waals surface area (Å²) in [6.45, 7) is 0. The molecule has 1 aromatic carbocycles. The summed E-state index contributed by atoms with van der Waals surface area (Å²) in [7, 11) is 5.17. The molecule has 0 unspecified atom stereocenters. The van der Waals surface area contributed by atoms with E-state index < -0.39 is 0 Å². The number of phenols is 1. The summed E-state index contributed by atoms with van der Waals surface area (Å²) in [5, 5.41) is 19.0. The molecule has 0 spiro atoms. The number of hydrogen-bond acceptors (Lipinski definition) is 3. The highest BCUT2D eigenvalue weighted by Gasteiger charge is 1.94. The van der Waals surface area contributed by atoms with Crippen molar-refractivity contribution in [1.29, 1.82) is 5.41 Å². The molecule has 2 radical (unpaired) electrons. The lowest BCUT2D eigenvalue weighted by molar-refractivity contribution is 0.475. The number of anilines is 1. The van der Waals surface area contributed by atoms with Crippen LogP contribution in [0, 0.1) is 5.41 Å². The molecule has 0 fully saturated rings. The molecular weight excluding hydrogens is 243 g/mol. The fraction of sp³-hybridized carbons (Fsp3) is 0. The Morgan fingerprint density at radius 2 is 2.00 bits per heavy atom. The molecule has 5 heteroatoms. The first-order valence-corrected chi connectivity index (χ1v) is 4.64. The molecule has 0 bridgehead atoms. The maximum atomic E-state index is 9.03. The third-order valence-corrected chi connectivity index (χ3v) is 1.84. The molecule has 0 amide bonds. The molecule has 3 N–H and O–H groups in total. The zero-order chi connectivity index (χ0) is 10.6. The minimum atomic E-state index is -0.0387. The van der Waals surface area contributed by atoms with E-state index in [1.807, 2.05) is 0 Å². The summed E-state index contributed by atoms with van der Waals surface area (Å²) in [5.41, 5.74) is 0.760. The Labute approximate surface area is 91.9 Å². The van der Waals surface area contributed by atoms with Gasteiger partial charge in [-0.2, -0.15) is 0 Å². The van der Waals surface area contributed by atoms with Gasteiger partial charge < -0.3 is 15.8 Å². The lowest BCUT2D eigenvalue weighted by atomic mass is 10.0. The highest BCUT2D eigenvalue weighted by atomic mass is 79.9. The summed E-state index contributed by atoms with van der Waals surface area (Å²) in [6, 6.07) is 6.56. The first-order chi connectivity index (χ1) is 6.58. The van der Waals surface area contributed by atoms with E-state index in [1.54, 1.807) is 24.3 Å². The second kappa shape index (κ2) is 4.86. The van der Waals surface area contributed by atoms with E-state index in [0.29, 0.717) is 4.61 Å². The number of halogens is 1. The van der Waals surface area contributed by atoms with Gasteiger partial charge in [0.1, 0.15) is 13.6 Å². The van der Waals surface area contributed by atoms with Gasteiger partial charge in [-0.3, -0.25) is 0 Å². The average Bonchev–Trinajstić information content (AvgIpc) is 2.07. The Balaban J connectivity index is 2.69. The molecule has 0 saturated heterocycles. The lowest BCUT2D eigenvalue weighted by Crippen LogP contribution is -1.96. The molecule has 0 saturated carbocycles. The van der Waals surface area contributed by atoms with Gasteiger partial charge in [-0.15, -0.1) is 0 Å². The van der Waals surface area contributed by atoms with Gasteiger partial charge in [-0.1, -0.05) is 0 Å². The van der Waals surface area contributed by atoms with Gasteiger partial charge in [-0.25, -0.2) is 0 Å². The molecule has 0 aliphatic carbocycles. The van der Waals surface area contributed by atoms with Crippen molar-refractivity contribution in [2.75, 3.05) is 5.32 Å². The van der Waals surface area contributed by atoms with E-state index in [4.69, 9.17) is 18.4 Å². The fourth-order valence-electron chi connectivity index (χ4n) is 0.855. The van der Waals surface area contributed by atoms with Gasteiger partial charge in [0, 0.05) is 5.69 Å². The summed E-state index contributed by atoms with van der Waals surface area (Å²) in [5.74, 6) is 0.210. The smallest absolute Gasteiger partial charge is 0.140 e. The molecule has 1 rings (SSSR count). The zero-order valence-corrected chi connectivity index (χ0v) is 8.88. The Morgan fingerprint density at radius 3 is 2.50 bits per heavy atom. The van der Waals surface area contributed by atoms with Gasteiger partial charge in [0.25, 0.3) is 0 Å². The van der Waals surface area contributed by atoms with Crippen LogP contribution in [0.5, 0.6) is 5.75 Å². The normalized spacial score (nSPS) is 11.1. The third kappa shape index (κ3) is 3.66. The minimum absolute atomic E-state index is 0.0387. The average molecular weight is 251 g/mol. The van der Waals surface area contributed by atoms with Crippen LogP contribution in [-0.4, -0.2) is 18.6 Å². The van der Waals surface area contributed by atoms with Crippen molar-refractivity contribution in [2.24, 2.45) is 0 Å². The van der Waals surface area contributed by atoms with Crippen LogP contribution < -0.4 is 5.32 Å². The molecule has 0 aliphatic rings. The maximum Gasteiger partial charge on any atom is 0.140 e. The van der Waals surface area contributed by atoms with Gasteiger partial charge in [0.2, 0.25) is 0 Å². The first-order valence-electron chi connectivity index (χ1n) is 3.85. The predicted molar refractivity (Wildman–Crippen MR) is 62.2 cm³/mol. The van der Waals surface area contributed by atoms with Crippen molar-refractivity contribution in [3.63, 3.8) is 0 Å². The van der Waals surface area contributed by atoms with Crippen LogP contribution in [0.1, 0.15) is 0 Å². The molecule has 3 nitrogen and oxygen atoms in total. The van der Waals surface area contributed by atoms with Crippen molar-refractivity contribution < 1.29 is 5.11 Å². The van der Waals surface area contributed by atoms with Gasteiger partial charge in [0.05, 0.1) is 4.61 Å². The predicted octanol–water partition coefficient (Wildman–Crippen LogP) is 2.19.